The average molecular weight is 360 g/mol. The lowest BCUT2D eigenvalue weighted by Gasteiger charge is -2.31. The number of nitrogens with zero attached hydrogens (tertiary/aromatic N) is 2. The van der Waals surface area contributed by atoms with Crippen LogP contribution in [0.25, 0.3) is 5.70 Å². The Labute approximate surface area is 154 Å². The predicted octanol–water partition coefficient (Wildman–Crippen LogP) is 2.21. The molecule has 1 aliphatic rings. The number of aromatic nitrogens is 2. The number of carboxylic acids is 1. The van der Waals surface area contributed by atoms with Gasteiger partial charge in [0.2, 0.25) is 5.91 Å². The van der Waals surface area contributed by atoms with E-state index in [-0.39, 0.29) is 11.8 Å². The molecule has 26 heavy (non-hydrogen) atoms. The van der Waals surface area contributed by atoms with Gasteiger partial charge in [0.25, 0.3) is 0 Å². The van der Waals surface area contributed by atoms with Gasteiger partial charge in [-0.1, -0.05) is 40.2 Å². The summed E-state index contributed by atoms with van der Waals surface area (Å²) >= 11 is 0. The zero-order chi connectivity index (χ0) is 19.3. The van der Waals surface area contributed by atoms with Gasteiger partial charge in [-0.15, -0.1) is 0 Å². The van der Waals surface area contributed by atoms with Crippen LogP contribution in [-0.2, 0) is 9.59 Å². The van der Waals surface area contributed by atoms with E-state index in [9.17, 15) is 14.7 Å². The maximum atomic E-state index is 12.9. The summed E-state index contributed by atoms with van der Waals surface area (Å²) in [6.07, 6.45) is 8.68. The number of hydrogen-bond donors (Lipinski definition) is 3. The maximum absolute atomic E-state index is 12.9. The molecule has 1 aromatic rings. The van der Waals surface area contributed by atoms with Gasteiger partial charge in [-0.25, -0.2) is 4.79 Å². The first-order valence-electron chi connectivity index (χ1n) is 8.95. The molecule has 1 amide bonds. The van der Waals surface area contributed by atoms with E-state index in [0.29, 0.717) is 11.4 Å². The lowest BCUT2D eigenvalue weighted by Crippen LogP contribution is -2.56. The number of amides is 1. The number of nitrogens with one attached hydrogen (secondary N) is 2. The Balaban J connectivity index is 2.17. The van der Waals surface area contributed by atoms with Crippen LogP contribution in [0.15, 0.2) is 25.2 Å². The van der Waals surface area contributed by atoms with Crippen molar-refractivity contribution in [3.05, 3.63) is 30.9 Å². The molecule has 1 fully saturated rings. The van der Waals surface area contributed by atoms with Crippen molar-refractivity contribution < 1.29 is 14.7 Å². The number of hydrogen-bond acceptors (Lipinski definition) is 5. The van der Waals surface area contributed by atoms with Crippen molar-refractivity contribution in [2.75, 3.05) is 0 Å². The second-order valence-electron chi connectivity index (χ2n) is 7.88. The molecule has 0 aromatic carbocycles. The topological polar surface area (TPSA) is 104 Å². The molecule has 2 atom stereocenters. The summed E-state index contributed by atoms with van der Waals surface area (Å²) in [6.45, 7) is 9.35. The molecule has 0 aliphatic heterocycles. The fraction of sp³-hybridized carbons (Fsp3) is 0.579. The quantitative estimate of drug-likeness (QED) is 0.689. The summed E-state index contributed by atoms with van der Waals surface area (Å²) in [5.41, 5.74) is 0.477. The maximum Gasteiger partial charge on any atom is 0.326 e. The first kappa shape index (κ1) is 19.9. The highest BCUT2D eigenvalue weighted by Crippen LogP contribution is 2.29. The van der Waals surface area contributed by atoms with Gasteiger partial charge in [-0.05, 0) is 24.2 Å². The zero-order valence-corrected chi connectivity index (χ0v) is 15.7. The summed E-state index contributed by atoms with van der Waals surface area (Å²) in [5, 5.41) is 15.4. The van der Waals surface area contributed by atoms with Crippen LogP contribution in [0.3, 0.4) is 0 Å². The Morgan fingerprint density at radius 2 is 1.88 bits per heavy atom. The molecule has 1 saturated carbocycles. The molecule has 1 heterocycles. The van der Waals surface area contributed by atoms with E-state index in [2.05, 4.69) is 27.2 Å². The van der Waals surface area contributed by atoms with Crippen LogP contribution in [0.4, 0.5) is 0 Å². The molecule has 0 bridgehead atoms. The van der Waals surface area contributed by atoms with Crippen molar-refractivity contribution in [3.63, 3.8) is 0 Å². The fourth-order valence-electron chi connectivity index (χ4n) is 3.29. The molecule has 0 unspecified atom stereocenters. The first-order valence-corrected chi connectivity index (χ1v) is 8.95. The zero-order valence-electron chi connectivity index (χ0n) is 15.7. The second-order valence-corrected chi connectivity index (χ2v) is 7.88. The molecule has 0 radical (unpaired) electrons. The third-order valence-corrected chi connectivity index (χ3v) is 4.76. The predicted molar refractivity (Wildman–Crippen MR) is 99.0 cm³/mol. The molecule has 1 aliphatic carbocycles. The molecule has 3 N–H and O–H groups in total. The van der Waals surface area contributed by atoms with Crippen LogP contribution < -0.4 is 10.6 Å². The minimum Gasteiger partial charge on any atom is -0.480 e. The number of carboxylic acid groups (broad SMARTS) is 1. The Morgan fingerprint density at radius 3 is 2.38 bits per heavy atom. The van der Waals surface area contributed by atoms with E-state index in [1.165, 1.54) is 0 Å². The van der Waals surface area contributed by atoms with Gasteiger partial charge in [-0.2, -0.15) is 0 Å². The minimum absolute atomic E-state index is 0.137. The van der Waals surface area contributed by atoms with Crippen molar-refractivity contribution in [2.45, 2.75) is 58.5 Å². The highest BCUT2D eigenvalue weighted by Gasteiger charge is 2.37. The van der Waals surface area contributed by atoms with Crippen LogP contribution in [0.5, 0.6) is 0 Å². The van der Waals surface area contributed by atoms with Gasteiger partial charge in [-0.3, -0.25) is 14.8 Å². The molecule has 7 nitrogen and oxygen atoms in total. The smallest absolute Gasteiger partial charge is 0.326 e. The number of carbonyl (C=O) groups is 2. The van der Waals surface area contributed by atoms with Gasteiger partial charge in [0.15, 0.2) is 0 Å². The number of carbonyl (C=O) groups excluding carboxylic acids is 1. The first-order chi connectivity index (χ1) is 12.2. The van der Waals surface area contributed by atoms with E-state index < -0.39 is 23.5 Å². The lowest BCUT2D eigenvalue weighted by atomic mass is 9.86. The van der Waals surface area contributed by atoms with E-state index in [0.717, 1.165) is 25.7 Å². The average Bonchev–Trinajstić information content (AvgIpc) is 3.10. The molecule has 1 aromatic heterocycles. The lowest BCUT2D eigenvalue weighted by molar-refractivity contribution is -0.145. The molecule has 7 heteroatoms. The molecule has 142 valence electrons. The summed E-state index contributed by atoms with van der Waals surface area (Å²) in [5.74, 6) is -1.22. The van der Waals surface area contributed by atoms with E-state index in [1.54, 1.807) is 39.4 Å². The van der Waals surface area contributed by atoms with Crippen molar-refractivity contribution in [1.82, 2.24) is 20.6 Å². The second kappa shape index (κ2) is 8.29. The van der Waals surface area contributed by atoms with Gasteiger partial charge < -0.3 is 15.7 Å². The summed E-state index contributed by atoms with van der Waals surface area (Å²) in [6, 6.07) is -1.51. The van der Waals surface area contributed by atoms with Crippen LogP contribution in [0.1, 0.15) is 52.1 Å². The SMILES string of the molecule is C=C(N[C@H](C(=O)N[C@H](C(=O)O)C(C)(C)C)C1CCCC1)c1cnccn1. The van der Waals surface area contributed by atoms with E-state index >= 15 is 0 Å². The number of rotatable bonds is 7. The minimum atomic E-state index is -1.04. The van der Waals surface area contributed by atoms with Gasteiger partial charge in [0.1, 0.15) is 17.8 Å². The standard InChI is InChI=1S/C19H28N4O3/c1-12(14-11-20-9-10-21-14)22-15(13-7-5-6-8-13)17(24)23-16(18(25)26)19(2,3)4/h9-11,13,15-16,22H,1,5-8H2,2-4H3,(H,23,24)(H,25,26)/t15-,16+/m0/s1. The molecule has 0 saturated heterocycles. The third kappa shape index (κ3) is 5.03. The summed E-state index contributed by atoms with van der Waals surface area (Å²) in [4.78, 5) is 32.8. The molecular weight excluding hydrogens is 332 g/mol. The highest BCUT2D eigenvalue weighted by atomic mass is 16.4. The monoisotopic (exact) mass is 360 g/mol. The Morgan fingerprint density at radius 1 is 1.23 bits per heavy atom. The van der Waals surface area contributed by atoms with Crippen LogP contribution in [0, 0.1) is 11.3 Å². The molecular formula is C19H28N4O3. The van der Waals surface area contributed by atoms with Crippen molar-refractivity contribution in [2.24, 2.45) is 11.3 Å². The normalized spacial score (nSPS) is 17.3. The van der Waals surface area contributed by atoms with Crippen molar-refractivity contribution >= 4 is 17.6 Å². The van der Waals surface area contributed by atoms with Crippen LogP contribution in [0.2, 0.25) is 0 Å². The summed E-state index contributed by atoms with van der Waals surface area (Å²) in [7, 11) is 0. The van der Waals surface area contributed by atoms with Crippen LogP contribution >= 0.6 is 0 Å². The van der Waals surface area contributed by atoms with Crippen molar-refractivity contribution in [3.8, 4) is 0 Å². The van der Waals surface area contributed by atoms with Gasteiger partial charge in [0.05, 0.1) is 11.9 Å². The third-order valence-electron chi connectivity index (χ3n) is 4.76. The Kier molecular flexibility index (Phi) is 6.34. The Hall–Kier alpha value is -2.44. The fourth-order valence-corrected chi connectivity index (χ4v) is 3.29. The molecule has 2 rings (SSSR count). The molecule has 0 spiro atoms. The van der Waals surface area contributed by atoms with Crippen LogP contribution in [-0.4, -0.2) is 39.0 Å². The van der Waals surface area contributed by atoms with E-state index in [1.807, 2.05) is 0 Å². The van der Waals surface area contributed by atoms with Gasteiger partial charge in [0, 0.05) is 12.4 Å². The summed E-state index contributed by atoms with van der Waals surface area (Å²) < 4.78 is 0. The largest absolute Gasteiger partial charge is 0.480 e. The number of aliphatic carboxylic acids is 1. The Bertz CT molecular complexity index is 648. The van der Waals surface area contributed by atoms with Gasteiger partial charge >= 0.3 is 5.97 Å². The van der Waals surface area contributed by atoms with Crippen molar-refractivity contribution in [1.29, 1.82) is 0 Å². The highest BCUT2D eigenvalue weighted by molar-refractivity contribution is 5.88. The van der Waals surface area contributed by atoms with E-state index in [4.69, 9.17) is 0 Å².